The second kappa shape index (κ2) is 19.9. The smallest absolute Gasteiger partial charge is 0.735 e. The summed E-state index contributed by atoms with van der Waals surface area (Å²) in [6.07, 6.45) is 14.4. The van der Waals surface area contributed by atoms with Crippen molar-refractivity contribution in [3.63, 3.8) is 0 Å². The van der Waals surface area contributed by atoms with Crippen molar-refractivity contribution in [3.8, 4) is 0 Å². The van der Waals surface area contributed by atoms with E-state index in [-0.39, 0.29) is 85.4 Å². The molecule has 0 radical (unpaired) electrons. The Morgan fingerprint density at radius 3 is 0.743 bits per heavy atom. The number of hydrogen-bond acceptors (Lipinski definition) is 9. The Bertz CT molecular complexity index is 745. The molecule has 0 bridgehead atoms. The molecule has 0 aliphatic heterocycles. The third-order valence-corrected chi connectivity index (χ3v) is 7.61. The Labute approximate surface area is 262 Å². The van der Waals surface area contributed by atoms with Crippen molar-refractivity contribution in [2.45, 2.75) is 114 Å². The Morgan fingerprint density at radius 1 is 0.429 bits per heavy atom. The largest absolute Gasteiger partial charge is 2.00 e. The van der Waals surface area contributed by atoms with Crippen LogP contribution in [0.15, 0.2) is 0 Å². The molecule has 0 atom stereocenters. The molecular weight excluding hydrogens is 561 g/mol. The van der Waals surface area contributed by atoms with E-state index in [4.69, 9.17) is 0 Å². The predicted molar refractivity (Wildman–Crippen MR) is 125 cm³/mol. The van der Waals surface area contributed by atoms with Crippen molar-refractivity contribution < 1.29 is 68.5 Å². The van der Waals surface area contributed by atoms with Gasteiger partial charge < -0.3 is 13.7 Å². The SMILES string of the molecule is O=S(=O)([O-])NC1CCCCC1.O=S(=O)([O-])NC1CCCCC1.O=S(=O)([O-])NC1CCCCC1.[Ca+2].[Na+]. The van der Waals surface area contributed by atoms with Gasteiger partial charge in [0.2, 0.25) is 0 Å². The molecule has 3 fully saturated rings. The van der Waals surface area contributed by atoms with E-state index in [1.165, 1.54) is 0 Å². The van der Waals surface area contributed by atoms with Crippen LogP contribution >= 0.6 is 0 Å². The zero-order chi connectivity index (χ0) is 25.0. The van der Waals surface area contributed by atoms with Gasteiger partial charge in [-0.2, -0.15) is 0 Å². The summed E-state index contributed by atoms with van der Waals surface area (Å²) in [4.78, 5) is 0. The summed E-state index contributed by atoms with van der Waals surface area (Å²) in [7, 11) is -12.7. The van der Waals surface area contributed by atoms with E-state index in [2.05, 4.69) is 14.2 Å². The molecule has 35 heavy (non-hydrogen) atoms. The molecule has 0 spiro atoms. The molecule has 12 nitrogen and oxygen atoms in total. The molecule has 198 valence electrons. The maximum Gasteiger partial charge on any atom is 2.00 e. The Morgan fingerprint density at radius 2 is 0.600 bits per heavy atom. The summed E-state index contributed by atoms with van der Waals surface area (Å²) in [6.45, 7) is 0. The minimum Gasteiger partial charge on any atom is -0.735 e. The first kappa shape index (κ1) is 39.0. The van der Waals surface area contributed by atoms with Crippen LogP contribution in [0.5, 0.6) is 0 Å². The van der Waals surface area contributed by atoms with Gasteiger partial charge >= 0.3 is 67.3 Å². The van der Waals surface area contributed by atoms with Crippen LogP contribution in [0.3, 0.4) is 0 Å². The molecule has 0 unspecified atom stereocenters. The van der Waals surface area contributed by atoms with Crippen LogP contribution in [0, 0.1) is 0 Å². The maximum atomic E-state index is 10.2. The quantitative estimate of drug-likeness (QED) is 0.222. The summed E-state index contributed by atoms with van der Waals surface area (Å²) >= 11 is 0. The van der Waals surface area contributed by atoms with Crippen LogP contribution in [0.4, 0.5) is 0 Å². The minimum atomic E-state index is -4.22. The van der Waals surface area contributed by atoms with Crippen molar-refractivity contribution in [1.82, 2.24) is 14.2 Å². The zero-order valence-electron chi connectivity index (χ0n) is 20.4. The van der Waals surface area contributed by atoms with E-state index in [0.717, 1.165) is 96.3 Å². The zero-order valence-corrected chi connectivity index (χ0v) is 27.1. The maximum absolute atomic E-state index is 10.2. The average Bonchev–Trinajstić information content (AvgIpc) is 2.67. The first-order chi connectivity index (χ1) is 15.2. The van der Waals surface area contributed by atoms with Crippen molar-refractivity contribution >= 4 is 68.7 Å². The average molecular weight is 598 g/mol. The van der Waals surface area contributed by atoms with E-state index in [1.807, 2.05) is 0 Å². The van der Waals surface area contributed by atoms with Crippen molar-refractivity contribution in [1.29, 1.82) is 0 Å². The molecule has 3 saturated carbocycles. The Hall–Kier alpha value is 1.87. The third kappa shape index (κ3) is 24.6. The molecule has 0 amide bonds. The summed E-state index contributed by atoms with van der Waals surface area (Å²) in [5.41, 5.74) is 0. The molecule has 3 aliphatic rings. The van der Waals surface area contributed by atoms with Gasteiger partial charge in [-0.3, -0.25) is 0 Å². The van der Waals surface area contributed by atoms with Gasteiger partial charge in [0.15, 0.2) is 30.9 Å². The second-order valence-corrected chi connectivity index (χ2v) is 12.2. The minimum absolute atomic E-state index is 0. The third-order valence-electron chi connectivity index (χ3n) is 5.75. The van der Waals surface area contributed by atoms with Gasteiger partial charge in [-0.1, -0.05) is 57.8 Å². The van der Waals surface area contributed by atoms with Gasteiger partial charge in [-0.25, -0.2) is 39.4 Å². The molecular formula is C18H36CaN3NaO9S3. The fourth-order valence-corrected chi connectivity index (χ4v) is 6.21. The fraction of sp³-hybridized carbons (Fsp3) is 1.00. The molecule has 3 N–H and O–H groups in total. The van der Waals surface area contributed by atoms with Gasteiger partial charge in [0.1, 0.15) is 0 Å². The van der Waals surface area contributed by atoms with Gasteiger partial charge in [0.25, 0.3) is 0 Å². The van der Waals surface area contributed by atoms with Crippen LogP contribution in [0.25, 0.3) is 0 Å². The van der Waals surface area contributed by atoms with Crippen LogP contribution in [-0.2, 0) is 30.9 Å². The molecule has 0 heterocycles. The van der Waals surface area contributed by atoms with Crippen LogP contribution in [0.2, 0.25) is 0 Å². The van der Waals surface area contributed by atoms with Gasteiger partial charge in [-0.15, -0.1) is 0 Å². The molecule has 3 rings (SSSR count). The fourth-order valence-electron chi connectivity index (χ4n) is 4.27. The molecule has 3 aliphatic carbocycles. The monoisotopic (exact) mass is 597 g/mol. The van der Waals surface area contributed by atoms with Crippen molar-refractivity contribution in [3.05, 3.63) is 0 Å². The number of rotatable bonds is 6. The molecule has 0 aromatic heterocycles. The van der Waals surface area contributed by atoms with Crippen LogP contribution in [-0.4, -0.2) is 94.8 Å². The molecule has 0 aromatic rings. The van der Waals surface area contributed by atoms with E-state index in [0.29, 0.717) is 0 Å². The van der Waals surface area contributed by atoms with Crippen LogP contribution in [0.1, 0.15) is 96.3 Å². The standard InChI is InChI=1S/3C6H13NO3S.Ca.Na/c3*8-11(9,10)7-6-4-2-1-3-5-6;;/h3*6-7H,1-5H2,(H,8,9,10);;/q;;;+2;+1/p-3. The van der Waals surface area contributed by atoms with E-state index in [1.54, 1.807) is 0 Å². The molecule has 17 heteroatoms. The second-order valence-electron chi connectivity index (χ2n) is 8.72. The summed E-state index contributed by atoms with van der Waals surface area (Å²) in [5.74, 6) is 0. The van der Waals surface area contributed by atoms with Gasteiger partial charge in [0.05, 0.1) is 0 Å². The summed E-state index contributed by atoms with van der Waals surface area (Å²) < 4.78 is 98.3. The van der Waals surface area contributed by atoms with Crippen LogP contribution < -0.4 is 43.7 Å². The van der Waals surface area contributed by atoms with Gasteiger partial charge in [-0.05, 0) is 38.5 Å². The van der Waals surface area contributed by atoms with Crippen molar-refractivity contribution in [2.75, 3.05) is 0 Å². The van der Waals surface area contributed by atoms with E-state index < -0.39 is 30.9 Å². The first-order valence-electron chi connectivity index (χ1n) is 11.4. The molecule has 0 aromatic carbocycles. The number of hydrogen-bond donors (Lipinski definition) is 3. The predicted octanol–water partition coefficient (Wildman–Crippen LogP) is -2.27. The van der Waals surface area contributed by atoms with Gasteiger partial charge in [0, 0.05) is 18.1 Å². The first-order valence-corrected chi connectivity index (χ1v) is 15.7. The van der Waals surface area contributed by atoms with E-state index in [9.17, 15) is 38.9 Å². The van der Waals surface area contributed by atoms with Crippen molar-refractivity contribution in [2.24, 2.45) is 0 Å². The topological polar surface area (TPSA) is 208 Å². The van der Waals surface area contributed by atoms with E-state index >= 15 is 0 Å². The summed E-state index contributed by atoms with van der Waals surface area (Å²) in [6, 6.07) is -0.316. The number of nitrogens with one attached hydrogen (secondary N) is 3. The Kier molecular flexibility index (Phi) is 22.1. The summed E-state index contributed by atoms with van der Waals surface area (Å²) in [5, 5.41) is 0. The normalized spacial score (nSPS) is 20.7. The Balaban J connectivity index is 0. The molecule has 0 saturated heterocycles.